The fourth-order valence-corrected chi connectivity index (χ4v) is 8.96. The van der Waals surface area contributed by atoms with Crippen LogP contribution in [0.25, 0.3) is 0 Å². The van der Waals surface area contributed by atoms with Gasteiger partial charge in [-0.3, -0.25) is 14.4 Å². The molecule has 7 heteroatoms. The molecule has 0 heterocycles. The van der Waals surface area contributed by atoms with Gasteiger partial charge in [-0.25, -0.2) is 0 Å². The van der Waals surface area contributed by atoms with Crippen LogP contribution < -0.4 is 0 Å². The maximum Gasteiger partial charge on any atom is 0.209 e. The zero-order chi connectivity index (χ0) is 29.0. The number of phenolic OH excluding ortho intramolecular Hbond substituents is 1. The van der Waals surface area contributed by atoms with Crippen molar-refractivity contribution in [2.24, 2.45) is 28.6 Å². The number of aliphatic hydroxyl groups is 3. The fraction of sp³-hybridized carbons (Fsp3) is 0.594. The van der Waals surface area contributed by atoms with Gasteiger partial charge in [0.05, 0.1) is 5.56 Å². The third-order valence-corrected chi connectivity index (χ3v) is 11.3. The van der Waals surface area contributed by atoms with Crippen LogP contribution in [0.1, 0.15) is 107 Å². The predicted octanol–water partition coefficient (Wildman–Crippen LogP) is 5.81. The van der Waals surface area contributed by atoms with Crippen molar-refractivity contribution >= 4 is 17.3 Å². The highest BCUT2D eigenvalue weighted by Gasteiger charge is 2.74. The van der Waals surface area contributed by atoms with Crippen LogP contribution in [-0.4, -0.2) is 43.4 Å². The Bertz CT molecular complexity index is 1380. The number of benzene rings is 1. The third kappa shape index (κ3) is 3.05. The zero-order valence-electron chi connectivity index (χ0n) is 23.9. The predicted molar refractivity (Wildman–Crippen MR) is 146 cm³/mol. The highest BCUT2D eigenvalue weighted by molar-refractivity contribution is 6.25. The normalized spacial score (nSPS) is 36.8. The summed E-state index contributed by atoms with van der Waals surface area (Å²) in [5.74, 6) is -5.70. The summed E-state index contributed by atoms with van der Waals surface area (Å²) in [4.78, 5) is 40.9. The number of aliphatic hydroxyl groups excluding tert-OH is 2. The Morgan fingerprint density at radius 3 is 2.10 bits per heavy atom. The molecule has 1 aromatic carbocycles. The van der Waals surface area contributed by atoms with Crippen LogP contribution in [-0.2, 0) is 9.59 Å². The second-order valence-electron chi connectivity index (χ2n) is 13.1. The number of carbonyl (C=O) groups excluding carboxylic acids is 3. The minimum Gasteiger partial charge on any atom is -0.511 e. The SMILES string of the molecule is CC(=O)C1=C(O)C(C(C)C)[C@@]2(C)[C@H](C)[C@]3(C)C(=C(O)[C@@]2(O)C1=O)C(=O)c1c(ccc(C2CCCC2)c1O)[C@H]3C. The van der Waals surface area contributed by atoms with E-state index in [1.807, 2.05) is 46.8 Å². The topological polar surface area (TPSA) is 132 Å². The Morgan fingerprint density at radius 2 is 1.56 bits per heavy atom. The standard InChI is InChI=1S/C32H40O7/c1-14(2)23-26(35)21(16(4)33)28(37)32(39)29(38)24-27(36)22-19(15(3)30(24,6)17(5)31(23,32)7)12-13-20(25(22)34)18-10-8-9-11-18/h12-15,17-18,23,34-35,38-39H,8-11H2,1-7H3/t15-,17-,23?,30-,31-,32+/m1/s1. The number of phenols is 1. The largest absolute Gasteiger partial charge is 0.511 e. The molecule has 0 aliphatic heterocycles. The number of Topliss-reactive ketones (excluding diaryl/α,β-unsaturated/α-hetero) is 3. The Kier molecular flexibility index (Phi) is 6.05. The van der Waals surface area contributed by atoms with Crippen molar-refractivity contribution in [1.29, 1.82) is 0 Å². The van der Waals surface area contributed by atoms with Gasteiger partial charge in [0.25, 0.3) is 0 Å². The molecular weight excluding hydrogens is 496 g/mol. The van der Waals surface area contributed by atoms with E-state index in [-0.39, 0.29) is 40.4 Å². The summed E-state index contributed by atoms with van der Waals surface area (Å²) in [5.41, 5.74) is -4.29. The third-order valence-electron chi connectivity index (χ3n) is 11.3. The Hall–Kier alpha value is -2.93. The monoisotopic (exact) mass is 536 g/mol. The number of aromatic hydroxyl groups is 1. The lowest BCUT2D eigenvalue weighted by atomic mass is 9.39. The molecule has 0 aromatic heterocycles. The van der Waals surface area contributed by atoms with Crippen LogP contribution in [0.15, 0.2) is 34.8 Å². The van der Waals surface area contributed by atoms with Gasteiger partial charge in [-0.2, -0.15) is 0 Å². The molecule has 0 amide bonds. The molecule has 0 radical (unpaired) electrons. The molecule has 4 N–H and O–H groups in total. The van der Waals surface area contributed by atoms with Gasteiger partial charge in [-0.05, 0) is 54.6 Å². The van der Waals surface area contributed by atoms with E-state index < -0.39 is 56.9 Å². The lowest BCUT2D eigenvalue weighted by Gasteiger charge is -2.64. The average Bonchev–Trinajstić information content (AvgIpc) is 3.38. The molecule has 0 bridgehead atoms. The van der Waals surface area contributed by atoms with E-state index in [0.717, 1.165) is 32.6 Å². The number of ketones is 3. The molecule has 6 atom stereocenters. The summed E-state index contributed by atoms with van der Waals surface area (Å²) < 4.78 is 0. The minimum absolute atomic E-state index is 0.0939. The smallest absolute Gasteiger partial charge is 0.209 e. The highest BCUT2D eigenvalue weighted by Crippen LogP contribution is 2.70. The first kappa shape index (κ1) is 27.6. The van der Waals surface area contributed by atoms with E-state index in [0.29, 0.717) is 11.1 Å². The first-order valence-electron chi connectivity index (χ1n) is 14.1. The Balaban J connectivity index is 1.84. The van der Waals surface area contributed by atoms with E-state index in [9.17, 15) is 34.8 Å². The van der Waals surface area contributed by atoms with Crippen LogP contribution in [0, 0.1) is 28.6 Å². The number of rotatable bonds is 3. The summed E-state index contributed by atoms with van der Waals surface area (Å²) in [6.07, 6.45) is 3.95. The van der Waals surface area contributed by atoms with Crippen molar-refractivity contribution in [3.63, 3.8) is 0 Å². The quantitative estimate of drug-likeness (QED) is 0.358. The molecule has 4 aliphatic rings. The molecule has 39 heavy (non-hydrogen) atoms. The van der Waals surface area contributed by atoms with Crippen molar-refractivity contribution in [2.45, 2.75) is 91.6 Å². The first-order chi connectivity index (χ1) is 18.1. The molecule has 0 spiro atoms. The summed E-state index contributed by atoms with van der Waals surface area (Å²) >= 11 is 0. The lowest BCUT2D eigenvalue weighted by Crippen LogP contribution is -2.71. The van der Waals surface area contributed by atoms with Gasteiger partial charge in [-0.1, -0.05) is 66.5 Å². The lowest BCUT2D eigenvalue weighted by molar-refractivity contribution is -0.189. The van der Waals surface area contributed by atoms with Gasteiger partial charge in [0.1, 0.15) is 22.8 Å². The second-order valence-corrected chi connectivity index (χ2v) is 13.1. The minimum atomic E-state index is -2.62. The Labute approximate surface area is 229 Å². The maximum absolute atomic E-state index is 14.3. The van der Waals surface area contributed by atoms with Crippen molar-refractivity contribution in [2.75, 3.05) is 0 Å². The average molecular weight is 537 g/mol. The molecule has 4 aliphatic carbocycles. The molecule has 7 nitrogen and oxygen atoms in total. The molecular formula is C32H40O7. The Morgan fingerprint density at radius 1 is 1.00 bits per heavy atom. The van der Waals surface area contributed by atoms with Gasteiger partial charge in [-0.15, -0.1) is 0 Å². The number of carbonyl (C=O) groups is 3. The number of fused-ring (bicyclic) bond motifs is 3. The van der Waals surface area contributed by atoms with Crippen LogP contribution in [0.2, 0.25) is 0 Å². The van der Waals surface area contributed by atoms with Crippen LogP contribution in [0.4, 0.5) is 0 Å². The molecule has 1 unspecified atom stereocenters. The van der Waals surface area contributed by atoms with Gasteiger partial charge >= 0.3 is 0 Å². The van der Waals surface area contributed by atoms with Crippen molar-refractivity contribution in [3.8, 4) is 5.75 Å². The number of hydrogen-bond acceptors (Lipinski definition) is 7. The van der Waals surface area contributed by atoms with E-state index >= 15 is 0 Å². The van der Waals surface area contributed by atoms with Crippen molar-refractivity contribution in [1.82, 2.24) is 0 Å². The summed E-state index contributed by atoms with van der Waals surface area (Å²) in [5, 5.41) is 47.0. The zero-order valence-corrected chi connectivity index (χ0v) is 23.9. The second kappa shape index (κ2) is 8.53. The van der Waals surface area contributed by atoms with Crippen LogP contribution >= 0.6 is 0 Å². The van der Waals surface area contributed by atoms with E-state index in [4.69, 9.17) is 0 Å². The molecule has 0 saturated heterocycles. The van der Waals surface area contributed by atoms with Gasteiger partial charge in [0, 0.05) is 22.3 Å². The first-order valence-corrected chi connectivity index (χ1v) is 14.1. The molecule has 1 saturated carbocycles. The summed E-state index contributed by atoms with van der Waals surface area (Å²) in [6.45, 7) is 12.1. The van der Waals surface area contributed by atoms with Crippen molar-refractivity contribution < 1.29 is 34.8 Å². The van der Waals surface area contributed by atoms with Gasteiger partial charge < -0.3 is 20.4 Å². The van der Waals surface area contributed by atoms with Gasteiger partial charge in [0.15, 0.2) is 17.2 Å². The molecule has 1 fully saturated rings. The number of allylic oxidation sites excluding steroid dienone is 2. The van der Waals surface area contributed by atoms with Gasteiger partial charge in [0.2, 0.25) is 5.78 Å². The summed E-state index contributed by atoms with van der Waals surface area (Å²) in [6, 6.07) is 3.81. The maximum atomic E-state index is 14.3. The van der Waals surface area contributed by atoms with Crippen LogP contribution in [0.3, 0.4) is 0 Å². The van der Waals surface area contributed by atoms with E-state index in [1.54, 1.807) is 6.92 Å². The van der Waals surface area contributed by atoms with E-state index in [1.165, 1.54) is 0 Å². The summed E-state index contributed by atoms with van der Waals surface area (Å²) in [7, 11) is 0. The molecule has 1 aromatic rings. The van der Waals surface area contributed by atoms with Crippen LogP contribution in [0.5, 0.6) is 5.75 Å². The van der Waals surface area contributed by atoms with E-state index in [2.05, 4.69) is 0 Å². The number of hydrogen-bond donors (Lipinski definition) is 4. The highest BCUT2D eigenvalue weighted by atomic mass is 16.3. The molecule has 5 rings (SSSR count). The fourth-order valence-electron chi connectivity index (χ4n) is 8.96. The molecule has 210 valence electrons. The van der Waals surface area contributed by atoms with Crippen molar-refractivity contribution in [3.05, 3.63) is 51.5 Å².